The van der Waals surface area contributed by atoms with Gasteiger partial charge in [0, 0.05) is 22.7 Å². The maximum absolute atomic E-state index is 6.02. The summed E-state index contributed by atoms with van der Waals surface area (Å²) in [6.45, 7) is 0. The molecular formula is C18H14ClN3. The molecule has 0 radical (unpaired) electrons. The standard InChI is InChI=1S/C18H14ClN3/c19-13-7-5-11(6-8-13)16-9-12-10-21-18(20)22-17(12)15-4-2-1-3-14(15)16/h1-8,10,16H,9H2,(H2,20,21,22). The van der Waals surface area contributed by atoms with Gasteiger partial charge in [0.1, 0.15) is 0 Å². The fourth-order valence-corrected chi connectivity index (χ4v) is 3.27. The summed E-state index contributed by atoms with van der Waals surface area (Å²) < 4.78 is 0. The summed E-state index contributed by atoms with van der Waals surface area (Å²) in [5.41, 5.74) is 11.5. The molecule has 1 atom stereocenters. The Hall–Kier alpha value is -2.39. The number of anilines is 1. The molecule has 3 aromatic rings. The quantitative estimate of drug-likeness (QED) is 0.737. The SMILES string of the molecule is Nc1ncc2c(n1)-c1ccccc1C(c1ccc(Cl)cc1)C2. The van der Waals surface area contributed by atoms with Gasteiger partial charge < -0.3 is 5.73 Å². The van der Waals surface area contributed by atoms with Gasteiger partial charge in [-0.3, -0.25) is 0 Å². The summed E-state index contributed by atoms with van der Waals surface area (Å²) in [7, 11) is 0. The summed E-state index contributed by atoms with van der Waals surface area (Å²) >= 11 is 6.02. The molecule has 2 N–H and O–H groups in total. The van der Waals surface area contributed by atoms with E-state index in [-0.39, 0.29) is 5.92 Å². The first-order valence-electron chi connectivity index (χ1n) is 7.18. The molecule has 0 amide bonds. The maximum atomic E-state index is 6.02. The Morgan fingerprint density at radius 2 is 1.82 bits per heavy atom. The lowest BCUT2D eigenvalue weighted by Crippen LogP contribution is -2.14. The molecule has 0 saturated heterocycles. The molecule has 1 heterocycles. The Labute approximate surface area is 133 Å². The highest BCUT2D eigenvalue weighted by Gasteiger charge is 2.27. The average molecular weight is 308 g/mol. The van der Waals surface area contributed by atoms with E-state index < -0.39 is 0 Å². The highest BCUT2D eigenvalue weighted by molar-refractivity contribution is 6.30. The molecule has 1 aromatic heterocycles. The van der Waals surface area contributed by atoms with E-state index in [0.717, 1.165) is 28.3 Å². The first kappa shape index (κ1) is 13.3. The van der Waals surface area contributed by atoms with Gasteiger partial charge in [0.15, 0.2) is 0 Å². The molecular weight excluding hydrogens is 294 g/mol. The van der Waals surface area contributed by atoms with Crippen molar-refractivity contribution in [1.82, 2.24) is 9.97 Å². The Morgan fingerprint density at radius 3 is 2.64 bits per heavy atom. The smallest absolute Gasteiger partial charge is 0.220 e. The van der Waals surface area contributed by atoms with Gasteiger partial charge in [0.2, 0.25) is 5.95 Å². The number of rotatable bonds is 1. The Bertz CT molecular complexity index is 843. The number of fused-ring (bicyclic) bond motifs is 3. The van der Waals surface area contributed by atoms with E-state index in [9.17, 15) is 0 Å². The van der Waals surface area contributed by atoms with E-state index in [2.05, 4.69) is 40.3 Å². The minimum Gasteiger partial charge on any atom is -0.368 e. The van der Waals surface area contributed by atoms with Gasteiger partial charge in [-0.1, -0.05) is 48.0 Å². The van der Waals surface area contributed by atoms with E-state index in [0.29, 0.717) is 5.95 Å². The lowest BCUT2D eigenvalue weighted by molar-refractivity contribution is 0.782. The predicted molar refractivity (Wildman–Crippen MR) is 88.9 cm³/mol. The fourth-order valence-electron chi connectivity index (χ4n) is 3.14. The Morgan fingerprint density at radius 1 is 1.05 bits per heavy atom. The summed E-state index contributed by atoms with van der Waals surface area (Å²) in [6.07, 6.45) is 2.71. The summed E-state index contributed by atoms with van der Waals surface area (Å²) in [5.74, 6) is 0.603. The molecule has 108 valence electrons. The predicted octanol–water partition coefficient (Wildman–Crippen LogP) is 4.07. The Kier molecular flexibility index (Phi) is 3.09. The summed E-state index contributed by atoms with van der Waals surface area (Å²) in [6, 6.07) is 16.4. The molecule has 0 saturated carbocycles. The van der Waals surface area contributed by atoms with Gasteiger partial charge >= 0.3 is 0 Å². The average Bonchev–Trinajstić information content (AvgIpc) is 2.55. The van der Waals surface area contributed by atoms with Gasteiger partial charge in [-0.05, 0) is 35.2 Å². The van der Waals surface area contributed by atoms with E-state index in [1.165, 1.54) is 11.1 Å². The second kappa shape index (κ2) is 5.11. The molecule has 2 aromatic carbocycles. The number of aromatic nitrogens is 2. The topological polar surface area (TPSA) is 51.8 Å². The molecule has 4 rings (SSSR count). The number of hydrogen-bond donors (Lipinski definition) is 1. The van der Waals surface area contributed by atoms with Crippen LogP contribution in [0.5, 0.6) is 0 Å². The van der Waals surface area contributed by atoms with E-state index in [4.69, 9.17) is 17.3 Å². The van der Waals surface area contributed by atoms with E-state index in [1.807, 2.05) is 24.4 Å². The van der Waals surface area contributed by atoms with Crippen molar-refractivity contribution in [3.63, 3.8) is 0 Å². The molecule has 0 aliphatic heterocycles. The molecule has 0 fully saturated rings. The molecule has 0 bridgehead atoms. The number of nitrogens with zero attached hydrogens (tertiary/aromatic N) is 2. The molecule has 3 nitrogen and oxygen atoms in total. The van der Waals surface area contributed by atoms with Gasteiger partial charge in [0.05, 0.1) is 5.69 Å². The first-order chi connectivity index (χ1) is 10.7. The van der Waals surface area contributed by atoms with Crippen LogP contribution in [-0.4, -0.2) is 9.97 Å². The first-order valence-corrected chi connectivity index (χ1v) is 7.56. The highest BCUT2D eigenvalue weighted by Crippen LogP contribution is 2.41. The molecule has 1 unspecified atom stereocenters. The summed E-state index contributed by atoms with van der Waals surface area (Å²) in [4.78, 5) is 8.60. The van der Waals surface area contributed by atoms with Crippen molar-refractivity contribution >= 4 is 17.5 Å². The fraction of sp³-hybridized carbons (Fsp3) is 0.111. The summed E-state index contributed by atoms with van der Waals surface area (Å²) in [5, 5.41) is 0.754. The van der Waals surface area contributed by atoms with Gasteiger partial charge in [-0.25, -0.2) is 9.97 Å². The minimum atomic E-state index is 0.285. The molecule has 0 spiro atoms. The zero-order valence-corrected chi connectivity index (χ0v) is 12.6. The van der Waals surface area contributed by atoms with Crippen LogP contribution in [0.3, 0.4) is 0 Å². The number of hydrogen-bond acceptors (Lipinski definition) is 3. The zero-order valence-electron chi connectivity index (χ0n) is 11.8. The van der Waals surface area contributed by atoms with Crippen molar-refractivity contribution in [3.8, 4) is 11.3 Å². The lowest BCUT2D eigenvalue weighted by atomic mass is 9.78. The normalized spacial score (nSPS) is 16.0. The van der Waals surface area contributed by atoms with Crippen molar-refractivity contribution in [2.75, 3.05) is 5.73 Å². The third kappa shape index (κ3) is 2.14. The second-order valence-electron chi connectivity index (χ2n) is 5.50. The van der Waals surface area contributed by atoms with Crippen LogP contribution in [0.2, 0.25) is 5.02 Å². The Balaban J connectivity index is 1.90. The largest absolute Gasteiger partial charge is 0.368 e. The van der Waals surface area contributed by atoms with Crippen LogP contribution in [0.4, 0.5) is 5.95 Å². The highest BCUT2D eigenvalue weighted by atomic mass is 35.5. The van der Waals surface area contributed by atoms with Crippen LogP contribution < -0.4 is 5.73 Å². The third-order valence-electron chi connectivity index (χ3n) is 4.17. The molecule has 1 aliphatic carbocycles. The van der Waals surface area contributed by atoms with E-state index >= 15 is 0 Å². The number of halogens is 1. The van der Waals surface area contributed by atoms with Gasteiger partial charge in [0.25, 0.3) is 0 Å². The van der Waals surface area contributed by atoms with Crippen molar-refractivity contribution in [2.24, 2.45) is 0 Å². The van der Waals surface area contributed by atoms with Crippen molar-refractivity contribution < 1.29 is 0 Å². The zero-order chi connectivity index (χ0) is 15.1. The monoisotopic (exact) mass is 307 g/mol. The van der Waals surface area contributed by atoms with Crippen LogP contribution in [0, 0.1) is 0 Å². The molecule has 1 aliphatic rings. The van der Waals surface area contributed by atoms with Crippen LogP contribution in [0.1, 0.15) is 22.6 Å². The maximum Gasteiger partial charge on any atom is 0.220 e. The van der Waals surface area contributed by atoms with Crippen molar-refractivity contribution in [3.05, 3.63) is 76.4 Å². The molecule has 4 heteroatoms. The molecule has 22 heavy (non-hydrogen) atoms. The van der Waals surface area contributed by atoms with Crippen LogP contribution in [0.25, 0.3) is 11.3 Å². The van der Waals surface area contributed by atoms with Gasteiger partial charge in [-0.15, -0.1) is 0 Å². The van der Waals surface area contributed by atoms with Crippen molar-refractivity contribution in [1.29, 1.82) is 0 Å². The number of nitrogen functional groups attached to an aromatic ring is 1. The number of benzene rings is 2. The third-order valence-corrected chi connectivity index (χ3v) is 4.42. The van der Waals surface area contributed by atoms with E-state index in [1.54, 1.807) is 0 Å². The van der Waals surface area contributed by atoms with Crippen LogP contribution >= 0.6 is 11.6 Å². The lowest BCUT2D eigenvalue weighted by Gasteiger charge is -2.27. The second-order valence-corrected chi connectivity index (χ2v) is 5.93. The van der Waals surface area contributed by atoms with Crippen LogP contribution in [-0.2, 0) is 6.42 Å². The number of nitrogens with two attached hydrogens (primary N) is 1. The minimum absolute atomic E-state index is 0.285. The van der Waals surface area contributed by atoms with Crippen LogP contribution in [0.15, 0.2) is 54.7 Å². The van der Waals surface area contributed by atoms with Crippen molar-refractivity contribution in [2.45, 2.75) is 12.3 Å². The van der Waals surface area contributed by atoms with Gasteiger partial charge in [-0.2, -0.15) is 0 Å².